The molecule has 2 amide bonds. The maximum absolute atomic E-state index is 12.6. The van der Waals surface area contributed by atoms with Crippen LogP contribution in [0.25, 0.3) is 0 Å². The molecule has 2 aromatic rings. The van der Waals surface area contributed by atoms with Crippen molar-refractivity contribution in [3.8, 4) is 0 Å². The highest BCUT2D eigenvalue weighted by molar-refractivity contribution is 5.95. The molecule has 1 aliphatic heterocycles. The molecular weight excluding hydrogens is 432 g/mol. The van der Waals surface area contributed by atoms with E-state index in [-0.39, 0.29) is 36.3 Å². The summed E-state index contributed by atoms with van der Waals surface area (Å²) in [6.07, 6.45) is 2.40. The summed E-state index contributed by atoms with van der Waals surface area (Å²) in [7, 11) is 0. The van der Waals surface area contributed by atoms with Gasteiger partial charge < -0.3 is 29.0 Å². The zero-order valence-electron chi connectivity index (χ0n) is 19.1. The van der Waals surface area contributed by atoms with Crippen LogP contribution in [0.5, 0.6) is 0 Å². The summed E-state index contributed by atoms with van der Waals surface area (Å²) < 4.78 is 21.0. The van der Waals surface area contributed by atoms with Gasteiger partial charge in [0.15, 0.2) is 5.82 Å². The topological polar surface area (TPSA) is 146 Å². The van der Waals surface area contributed by atoms with E-state index in [4.69, 9.17) is 18.4 Å². The van der Waals surface area contributed by atoms with Crippen LogP contribution in [0.15, 0.2) is 38.6 Å². The number of furan rings is 1. The predicted octanol–water partition coefficient (Wildman–Crippen LogP) is 2.70. The summed E-state index contributed by atoms with van der Waals surface area (Å²) in [5.74, 6) is 0.260. The lowest BCUT2D eigenvalue weighted by atomic mass is 9.96. The number of carbonyl (C=O) groups is 3. The minimum atomic E-state index is -0.865. The number of nitrogens with one attached hydrogen (secondary N) is 2. The van der Waals surface area contributed by atoms with Crippen LogP contribution in [0.4, 0.5) is 4.79 Å². The van der Waals surface area contributed by atoms with Crippen LogP contribution >= 0.6 is 0 Å². The number of aryl methyl sites for hydroxylation is 1. The van der Waals surface area contributed by atoms with Crippen LogP contribution < -0.4 is 10.6 Å². The third-order valence-electron chi connectivity index (χ3n) is 4.76. The normalized spacial score (nSPS) is 16.2. The number of amides is 2. The van der Waals surface area contributed by atoms with E-state index < -0.39 is 24.0 Å². The lowest BCUT2D eigenvalue weighted by molar-refractivity contribution is -0.143. The molecule has 11 nitrogen and oxygen atoms in total. The van der Waals surface area contributed by atoms with Gasteiger partial charge in [0.1, 0.15) is 18.4 Å². The van der Waals surface area contributed by atoms with E-state index >= 15 is 0 Å². The Morgan fingerprint density at radius 2 is 2.03 bits per heavy atom. The molecule has 0 bridgehead atoms. The zero-order valence-corrected chi connectivity index (χ0v) is 19.1. The molecule has 1 aliphatic rings. The van der Waals surface area contributed by atoms with Gasteiger partial charge >= 0.3 is 18.0 Å². The standard InChI is InChI=1S/C22H28N4O7/c1-5-30-19(28)17-13(23-21(29)25-18(17)14-8-7-11-31-14)12-32-16(27)10-6-9-15-24-20(26-33-15)22(2,3)4/h7-8,11,18H,5-6,9-10,12H2,1-4H3,(H2,23,25,29). The van der Waals surface area contributed by atoms with E-state index in [2.05, 4.69) is 20.8 Å². The Hall–Kier alpha value is -3.63. The quantitative estimate of drug-likeness (QED) is 0.539. The van der Waals surface area contributed by atoms with Gasteiger partial charge in [-0.3, -0.25) is 4.79 Å². The van der Waals surface area contributed by atoms with E-state index in [9.17, 15) is 14.4 Å². The molecular formula is C22H28N4O7. The Morgan fingerprint density at radius 3 is 2.67 bits per heavy atom. The number of urea groups is 1. The highest BCUT2D eigenvalue weighted by Crippen LogP contribution is 2.28. The van der Waals surface area contributed by atoms with Crippen LogP contribution in [0, 0.1) is 0 Å². The highest BCUT2D eigenvalue weighted by atomic mass is 16.5. The SMILES string of the molecule is CCOC(=O)C1=C(COC(=O)CCCc2nc(C(C)(C)C)no2)NC(=O)NC1c1ccco1. The Kier molecular flexibility index (Phi) is 7.52. The molecule has 2 N–H and O–H groups in total. The first-order valence-electron chi connectivity index (χ1n) is 10.7. The summed E-state index contributed by atoms with van der Waals surface area (Å²) in [5, 5.41) is 9.10. The highest BCUT2D eigenvalue weighted by Gasteiger charge is 2.35. The molecule has 0 radical (unpaired) electrons. The lowest BCUT2D eigenvalue weighted by Gasteiger charge is -2.27. The van der Waals surface area contributed by atoms with Gasteiger partial charge in [-0.1, -0.05) is 25.9 Å². The fourth-order valence-electron chi connectivity index (χ4n) is 3.12. The van der Waals surface area contributed by atoms with E-state index in [1.807, 2.05) is 20.8 Å². The second-order valence-electron chi connectivity index (χ2n) is 8.44. The van der Waals surface area contributed by atoms with Gasteiger partial charge in [0, 0.05) is 18.3 Å². The van der Waals surface area contributed by atoms with Gasteiger partial charge in [0.05, 0.1) is 24.1 Å². The Labute approximate surface area is 190 Å². The molecule has 3 rings (SSSR count). The van der Waals surface area contributed by atoms with Gasteiger partial charge in [-0.15, -0.1) is 0 Å². The van der Waals surface area contributed by atoms with Crippen LogP contribution in [0.3, 0.4) is 0 Å². The van der Waals surface area contributed by atoms with Crippen molar-refractivity contribution in [3.05, 3.63) is 47.1 Å². The van der Waals surface area contributed by atoms with Crippen LogP contribution in [-0.4, -0.2) is 41.3 Å². The molecule has 0 fully saturated rings. The second-order valence-corrected chi connectivity index (χ2v) is 8.44. The fourth-order valence-corrected chi connectivity index (χ4v) is 3.12. The summed E-state index contributed by atoms with van der Waals surface area (Å²) in [4.78, 5) is 41.3. The minimum Gasteiger partial charge on any atom is -0.467 e. The van der Waals surface area contributed by atoms with Crippen molar-refractivity contribution in [2.24, 2.45) is 0 Å². The van der Waals surface area contributed by atoms with E-state index in [0.717, 1.165) is 0 Å². The number of ether oxygens (including phenoxy) is 2. The van der Waals surface area contributed by atoms with Crippen LogP contribution in [-0.2, 0) is 30.9 Å². The van der Waals surface area contributed by atoms with E-state index in [0.29, 0.717) is 30.3 Å². The fraction of sp³-hybridized carbons (Fsp3) is 0.500. The van der Waals surface area contributed by atoms with Crippen molar-refractivity contribution < 1.29 is 32.8 Å². The number of carbonyl (C=O) groups excluding carboxylic acids is 3. The maximum Gasteiger partial charge on any atom is 0.338 e. The summed E-state index contributed by atoms with van der Waals surface area (Å²) in [5.41, 5.74) is 0.0242. The van der Waals surface area contributed by atoms with Crippen molar-refractivity contribution in [2.75, 3.05) is 13.2 Å². The molecule has 178 valence electrons. The molecule has 0 aliphatic carbocycles. The molecule has 0 aromatic carbocycles. The maximum atomic E-state index is 12.6. The number of hydrogen-bond donors (Lipinski definition) is 2. The first-order chi connectivity index (χ1) is 15.7. The zero-order chi connectivity index (χ0) is 24.0. The number of nitrogens with zero attached hydrogens (tertiary/aromatic N) is 2. The lowest BCUT2D eigenvalue weighted by Crippen LogP contribution is -2.47. The van der Waals surface area contributed by atoms with Gasteiger partial charge in [0.25, 0.3) is 0 Å². The Balaban J connectivity index is 1.62. The van der Waals surface area contributed by atoms with Gasteiger partial charge in [-0.05, 0) is 25.5 Å². The van der Waals surface area contributed by atoms with Crippen molar-refractivity contribution in [1.29, 1.82) is 0 Å². The third kappa shape index (κ3) is 6.21. The molecule has 0 saturated heterocycles. The molecule has 0 saturated carbocycles. The first kappa shape index (κ1) is 24.0. The van der Waals surface area contributed by atoms with Crippen molar-refractivity contribution in [1.82, 2.24) is 20.8 Å². The molecule has 1 unspecified atom stereocenters. The monoisotopic (exact) mass is 460 g/mol. The molecule has 3 heterocycles. The van der Waals surface area contributed by atoms with E-state index in [1.54, 1.807) is 19.1 Å². The third-order valence-corrected chi connectivity index (χ3v) is 4.76. The van der Waals surface area contributed by atoms with Gasteiger partial charge in [0.2, 0.25) is 5.89 Å². The summed E-state index contributed by atoms with van der Waals surface area (Å²) in [6.45, 7) is 7.45. The Morgan fingerprint density at radius 1 is 1.24 bits per heavy atom. The van der Waals surface area contributed by atoms with Crippen LogP contribution in [0.1, 0.15) is 64.1 Å². The minimum absolute atomic E-state index is 0.100. The predicted molar refractivity (Wildman–Crippen MR) is 114 cm³/mol. The van der Waals surface area contributed by atoms with Crippen molar-refractivity contribution in [2.45, 2.75) is 58.4 Å². The van der Waals surface area contributed by atoms with Crippen molar-refractivity contribution in [3.63, 3.8) is 0 Å². The number of rotatable bonds is 9. The average Bonchev–Trinajstić information content (AvgIpc) is 3.44. The van der Waals surface area contributed by atoms with Gasteiger partial charge in [-0.25, -0.2) is 9.59 Å². The largest absolute Gasteiger partial charge is 0.467 e. The van der Waals surface area contributed by atoms with Crippen molar-refractivity contribution >= 4 is 18.0 Å². The van der Waals surface area contributed by atoms with Crippen LogP contribution in [0.2, 0.25) is 0 Å². The molecule has 33 heavy (non-hydrogen) atoms. The average molecular weight is 460 g/mol. The second kappa shape index (κ2) is 10.3. The number of aromatic nitrogens is 2. The first-order valence-corrected chi connectivity index (χ1v) is 10.7. The molecule has 1 atom stereocenters. The summed E-state index contributed by atoms with van der Waals surface area (Å²) in [6, 6.07) is 1.85. The molecule has 11 heteroatoms. The molecule has 2 aromatic heterocycles. The summed E-state index contributed by atoms with van der Waals surface area (Å²) >= 11 is 0. The molecule has 0 spiro atoms. The van der Waals surface area contributed by atoms with Gasteiger partial charge in [-0.2, -0.15) is 4.98 Å². The number of hydrogen-bond acceptors (Lipinski definition) is 9. The smallest absolute Gasteiger partial charge is 0.338 e. The number of esters is 2. The Bertz CT molecular complexity index is 1020. The van der Waals surface area contributed by atoms with E-state index in [1.165, 1.54) is 6.26 Å².